The maximum absolute atomic E-state index is 12.4. The number of alkyl halides is 3. The molecular formula is C10H10F3NOS. The van der Waals surface area contributed by atoms with E-state index in [0.29, 0.717) is 4.90 Å². The predicted octanol–water partition coefficient (Wildman–Crippen LogP) is 2.67. The van der Waals surface area contributed by atoms with Crippen LogP contribution in [0.5, 0.6) is 0 Å². The lowest BCUT2D eigenvalue weighted by molar-refractivity contribution is -0.137. The molecule has 0 aromatic heterocycles. The number of hydrogen-bond donors (Lipinski definition) is 1. The van der Waals surface area contributed by atoms with Crippen molar-refractivity contribution in [3.05, 3.63) is 29.8 Å². The second-order valence-corrected chi connectivity index (χ2v) is 4.60. The summed E-state index contributed by atoms with van der Waals surface area (Å²) in [6.07, 6.45) is -4.37. The number of rotatable bonds is 3. The highest BCUT2D eigenvalue weighted by atomic mass is 32.2. The van der Waals surface area contributed by atoms with Crippen LogP contribution in [0.2, 0.25) is 0 Å². The largest absolute Gasteiger partial charge is 0.416 e. The van der Waals surface area contributed by atoms with Crippen LogP contribution in [-0.4, -0.2) is 11.2 Å². The zero-order valence-electron chi connectivity index (χ0n) is 8.41. The number of benzene rings is 1. The minimum absolute atomic E-state index is 0.376. The van der Waals surface area contributed by atoms with Gasteiger partial charge in [-0.3, -0.25) is 4.79 Å². The molecule has 2 nitrogen and oxygen atoms in total. The highest BCUT2D eigenvalue weighted by Crippen LogP contribution is 2.32. The van der Waals surface area contributed by atoms with Gasteiger partial charge in [-0.25, -0.2) is 0 Å². The van der Waals surface area contributed by atoms with Gasteiger partial charge in [-0.15, -0.1) is 11.8 Å². The van der Waals surface area contributed by atoms with Gasteiger partial charge >= 0.3 is 6.18 Å². The zero-order chi connectivity index (χ0) is 12.3. The average Bonchev–Trinajstić information content (AvgIpc) is 2.16. The molecule has 1 aromatic carbocycles. The SMILES string of the molecule is CC(Sc1cccc(C(F)(F)F)c1)C(N)=O. The highest BCUT2D eigenvalue weighted by molar-refractivity contribution is 8.00. The van der Waals surface area contributed by atoms with Crippen molar-refractivity contribution in [3.8, 4) is 0 Å². The maximum Gasteiger partial charge on any atom is 0.416 e. The maximum atomic E-state index is 12.4. The summed E-state index contributed by atoms with van der Waals surface area (Å²) in [6.45, 7) is 1.55. The molecule has 0 aliphatic rings. The Labute approximate surface area is 95.0 Å². The molecule has 0 aliphatic carbocycles. The van der Waals surface area contributed by atoms with Crippen molar-refractivity contribution in [3.63, 3.8) is 0 Å². The van der Waals surface area contributed by atoms with Crippen LogP contribution in [0.3, 0.4) is 0 Å². The normalized spacial score (nSPS) is 13.5. The van der Waals surface area contributed by atoms with E-state index in [4.69, 9.17) is 5.73 Å². The molecule has 88 valence electrons. The van der Waals surface area contributed by atoms with Crippen molar-refractivity contribution in [1.82, 2.24) is 0 Å². The summed E-state index contributed by atoms with van der Waals surface area (Å²) in [4.78, 5) is 11.1. The van der Waals surface area contributed by atoms with E-state index in [2.05, 4.69) is 0 Å². The summed E-state index contributed by atoms with van der Waals surface area (Å²) >= 11 is 1.01. The molecule has 1 aromatic rings. The van der Waals surface area contributed by atoms with E-state index in [0.717, 1.165) is 23.9 Å². The van der Waals surface area contributed by atoms with Gasteiger partial charge in [0.25, 0.3) is 0 Å². The van der Waals surface area contributed by atoms with E-state index in [1.165, 1.54) is 12.1 Å². The molecule has 1 unspecified atom stereocenters. The van der Waals surface area contributed by atoms with Gasteiger partial charge < -0.3 is 5.73 Å². The monoisotopic (exact) mass is 249 g/mol. The Balaban J connectivity index is 2.87. The van der Waals surface area contributed by atoms with Gasteiger partial charge in [0.1, 0.15) is 0 Å². The van der Waals surface area contributed by atoms with E-state index < -0.39 is 22.9 Å². The second kappa shape index (κ2) is 4.78. The van der Waals surface area contributed by atoms with Gasteiger partial charge in [0.15, 0.2) is 0 Å². The summed E-state index contributed by atoms with van der Waals surface area (Å²) in [5, 5.41) is -0.552. The fourth-order valence-electron chi connectivity index (χ4n) is 1.01. The fraction of sp³-hybridized carbons (Fsp3) is 0.300. The third-order valence-corrected chi connectivity index (χ3v) is 2.99. The number of carbonyl (C=O) groups is 1. The van der Waals surface area contributed by atoms with Gasteiger partial charge in [0.2, 0.25) is 5.91 Å². The van der Waals surface area contributed by atoms with Crippen molar-refractivity contribution in [1.29, 1.82) is 0 Å². The molecule has 16 heavy (non-hydrogen) atoms. The molecule has 0 bridgehead atoms. The molecule has 0 aliphatic heterocycles. The lowest BCUT2D eigenvalue weighted by Gasteiger charge is -2.10. The van der Waals surface area contributed by atoms with Crippen LogP contribution in [0.1, 0.15) is 12.5 Å². The minimum Gasteiger partial charge on any atom is -0.369 e. The van der Waals surface area contributed by atoms with Crippen molar-refractivity contribution in [2.75, 3.05) is 0 Å². The van der Waals surface area contributed by atoms with Gasteiger partial charge in [-0.05, 0) is 25.1 Å². The molecule has 0 radical (unpaired) electrons. The Morgan fingerprint density at radius 1 is 1.44 bits per heavy atom. The summed E-state index contributed by atoms with van der Waals surface area (Å²) < 4.78 is 37.1. The zero-order valence-corrected chi connectivity index (χ0v) is 9.23. The van der Waals surface area contributed by atoms with E-state index in [1.807, 2.05) is 0 Å². The van der Waals surface area contributed by atoms with Crippen molar-refractivity contribution in [2.45, 2.75) is 23.2 Å². The molecular weight excluding hydrogens is 239 g/mol. The van der Waals surface area contributed by atoms with E-state index in [1.54, 1.807) is 6.92 Å². The smallest absolute Gasteiger partial charge is 0.369 e. The first-order valence-corrected chi connectivity index (χ1v) is 5.32. The van der Waals surface area contributed by atoms with Crippen LogP contribution in [0.4, 0.5) is 13.2 Å². The van der Waals surface area contributed by atoms with Gasteiger partial charge in [0.05, 0.1) is 10.8 Å². The van der Waals surface area contributed by atoms with Gasteiger partial charge in [-0.2, -0.15) is 13.2 Å². The fourth-order valence-corrected chi connectivity index (χ4v) is 1.88. The van der Waals surface area contributed by atoms with Gasteiger partial charge in [-0.1, -0.05) is 6.07 Å². The summed E-state index contributed by atoms with van der Waals surface area (Å²) in [5.74, 6) is -0.553. The number of carbonyl (C=O) groups excluding carboxylic acids is 1. The molecule has 0 heterocycles. The molecule has 1 amide bonds. The Hall–Kier alpha value is -1.17. The van der Waals surface area contributed by atoms with Crippen molar-refractivity contribution >= 4 is 17.7 Å². The lowest BCUT2D eigenvalue weighted by Crippen LogP contribution is -2.22. The quantitative estimate of drug-likeness (QED) is 0.837. The molecule has 0 fully saturated rings. The summed E-state index contributed by atoms with van der Waals surface area (Å²) in [7, 11) is 0. The number of amides is 1. The molecule has 1 atom stereocenters. The minimum atomic E-state index is -4.37. The number of thioether (sulfide) groups is 1. The van der Waals surface area contributed by atoms with E-state index >= 15 is 0 Å². The van der Waals surface area contributed by atoms with Gasteiger partial charge in [0, 0.05) is 4.90 Å². The topological polar surface area (TPSA) is 43.1 Å². The number of nitrogens with two attached hydrogens (primary N) is 1. The summed E-state index contributed by atoms with van der Waals surface area (Å²) in [6, 6.07) is 4.81. The molecule has 2 N–H and O–H groups in total. The first kappa shape index (κ1) is 12.9. The Morgan fingerprint density at radius 2 is 2.06 bits per heavy atom. The molecule has 0 spiro atoms. The third kappa shape index (κ3) is 3.44. The second-order valence-electron chi connectivity index (χ2n) is 3.19. The molecule has 0 saturated heterocycles. The molecule has 0 saturated carbocycles. The van der Waals surface area contributed by atoms with E-state index in [9.17, 15) is 18.0 Å². The number of hydrogen-bond acceptors (Lipinski definition) is 2. The first-order valence-electron chi connectivity index (χ1n) is 4.44. The predicted molar refractivity (Wildman–Crippen MR) is 56.0 cm³/mol. The average molecular weight is 249 g/mol. The van der Waals surface area contributed by atoms with Crippen LogP contribution in [0, 0.1) is 0 Å². The summed E-state index contributed by atoms with van der Waals surface area (Å²) in [5.41, 5.74) is 4.30. The van der Waals surface area contributed by atoms with Crippen molar-refractivity contribution in [2.24, 2.45) is 5.73 Å². The highest BCUT2D eigenvalue weighted by Gasteiger charge is 2.30. The van der Waals surface area contributed by atoms with Crippen molar-refractivity contribution < 1.29 is 18.0 Å². The Morgan fingerprint density at radius 3 is 2.56 bits per heavy atom. The Kier molecular flexibility index (Phi) is 3.85. The van der Waals surface area contributed by atoms with Crippen LogP contribution < -0.4 is 5.73 Å². The van der Waals surface area contributed by atoms with Crippen LogP contribution in [-0.2, 0) is 11.0 Å². The standard InChI is InChI=1S/C10H10F3NOS/c1-6(9(14)15)16-8-4-2-3-7(5-8)10(11,12)13/h2-6H,1H3,(H2,14,15). The van der Waals surface area contributed by atoms with Crippen LogP contribution in [0.15, 0.2) is 29.2 Å². The number of primary amides is 1. The number of halogens is 3. The lowest BCUT2D eigenvalue weighted by atomic mass is 10.2. The first-order chi connectivity index (χ1) is 7.30. The van der Waals surface area contributed by atoms with Crippen LogP contribution >= 0.6 is 11.8 Å². The Bertz CT molecular complexity index is 392. The van der Waals surface area contributed by atoms with E-state index in [-0.39, 0.29) is 0 Å². The van der Waals surface area contributed by atoms with Crippen LogP contribution in [0.25, 0.3) is 0 Å². The molecule has 6 heteroatoms. The third-order valence-electron chi connectivity index (χ3n) is 1.87. The molecule has 1 rings (SSSR count).